The second-order valence-electron chi connectivity index (χ2n) is 9.52. The molecule has 1 unspecified atom stereocenters. The van der Waals surface area contributed by atoms with Crippen molar-refractivity contribution in [2.75, 3.05) is 22.9 Å². The molecule has 8 heteroatoms. The zero-order chi connectivity index (χ0) is 22.9. The first-order valence-electron chi connectivity index (χ1n) is 11.8. The van der Waals surface area contributed by atoms with Crippen LogP contribution in [0.25, 0.3) is 16.6 Å². The lowest BCUT2D eigenvalue weighted by atomic mass is 9.93. The summed E-state index contributed by atoms with van der Waals surface area (Å²) in [5.41, 5.74) is 2.81. The molecule has 1 fully saturated rings. The molecule has 1 N–H and O–H groups in total. The van der Waals surface area contributed by atoms with Gasteiger partial charge in [-0.1, -0.05) is 13.8 Å². The highest BCUT2D eigenvalue weighted by atomic mass is 16.2. The number of anilines is 2. The van der Waals surface area contributed by atoms with E-state index in [1.54, 1.807) is 10.8 Å². The average Bonchev–Trinajstić information content (AvgIpc) is 3.47. The first-order chi connectivity index (χ1) is 16.0. The topological polar surface area (TPSA) is 82.4 Å². The number of rotatable bonds is 6. The van der Waals surface area contributed by atoms with Crippen LogP contribution in [-0.4, -0.2) is 49.8 Å². The summed E-state index contributed by atoms with van der Waals surface area (Å²) in [6.45, 7) is 8.21. The summed E-state index contributed by atoms with van der Waals surface area (Å²) < 4.78 is 1.69. The Morgan fingerprint density at radius 2 is 1.97 bits per heavy atom. The number of carbonyl (C=O) groups excluding carboxylic acids is 1. The van der Waals surface area contributed by atoms with Crippen LogP contribution in [0.15, 0.2) is 48.9 Å². The van der Waals surface area contributed by atoms with Gasteiger partial charge in [0.25, 0.3) is 0 Å². The first-order valence-corrected chi connectivity index (χ1v) is 11.8. The van der Waals surface area contributed by atoms with E-state index in [-0.39, 0.29) is 17.9 Å². The van der Waals surface area contributed by atoms with Gasteiger partial charge in [0, 0.05) is 47.8 Å². The predicted molar refractivity (Wildman–Crippen MR) is 130 cm³/mol. The summed E-state index contributed by atoms with van der Waals surface area (Å²) in [7, 11) is 0. The lowest BCUT2D eigenvalue weighted by molar-refractivity contribution is -0.123. The summed E-state index contributed by atoms with van der Waals surface area (Å²) in [6, 6.07) is 12.4. The highest BCUT2D eigenvalue weighted by Crippen LogP contribution is 2.30. The van der Waals surface area contributed by atoms with E-state index >= 15 is 0 Å². The van der Waals surface area contributed by atoms with Gasteiger partial charge in [-0.2, -0.15) is 4.52 Å². The van der Waals surface area contributed by atoms with Crippen molar-refractivity contribution >= 4 is 34.0 Å². The third kappa shape index (κ3) is 4.29. The Morgan fingerprint density at radius 1 is 1.15 bits per heavy atom. The Bertz CT molecular complexity index is 1250. The van der Waals surface area contributed by atoms with E-state index in [0.717, 1.165) is 60.4 Å². The molecule has 5 rings (SSSR count). The number of carbonyl (C=O) groups is 1. The van der Waals surface area contributed by atoms with Gasteiger partial charge < -0.3 is 14.8 Å². The summed E-state index contributed by atoms with van der Waals surface area (Å²) in [5.74, 6) is 1.67. The molecule has 172 valence electrons. The van der Waals surface area contributed by atoms with E-state index in [1.165, 1.54) is 0 Å². The molecule has 1 aliphatic heterocycles. The molecule has 4 aromatic rings. The van der Waals surface area contributed by atoms with Crippen LogP contribution in [0.3, 0.4) is 0 Å². The number of nitrogens with zero attached hydrogens (tertiary/aromatic N) is 6. The maximum Gasteiger partial charge on any atom is 0.230 e. The SMILES string of the molecule is CC(C)CC(C)N(C(=O)C1CCN(c2ccc3nncn3n2)CC1)c1ccc2[nH]ccc2c1. The van der Waals surface area contributed by atoms with Crippen molar-refractivity contribution in [1.82, 2.24) is 24.8 Å². The van der Waals surface area contributed by atoms with Crippen LogP contribution in [0.1, 0.15) is 40.0 Å². The largest absolute Gasteiger partial charge is 0.361 e. The lowest BCUT2D eigenvalue weighted by Gasteiger charge is -2.37. The molecule has 0 radical (unpaired) electrons. The van der Waals surface area contributed by atoms with Gasteiger partial charge in [-0.3, -0.25) is 4.79 Å². The van der Waals surface area contributed by atoms with E-state index in [1.807, 2.05) is 23.2 Å². The molecule has 8 nitrogen and oxygen atoms in total. The Kier molecular flexibility index (Phi) is 5.74. The zero-order valence-electron chi connectivity index (χ0n) is 19.5. The Morgan fingerprint density at radius 3 is 2.76 bits per heavy atom. The minimum Gasteiger partial charge on any atom is -0.361 e. The highest BCUT2D eigenvalue weighted by Gasteiger charge is 2.32. The summed E-state index contributed by atoms with van der Waals surface area (Å²) in [6.07, 6.45) is 6.16. The Labute approximate surface area is 193 Å². The van der Waals surface area contributed by atoms with Crippen LogP contribution in [0, 0.1) is 11.8 Å². The van der Waals surface area contributed by atoms with Crippen molar-refractivity contribution in [1.29, 1.82) is 0 Å². The molecule has 4 heterocycles. The molecule has 0 aliphatic carbocycles. The average molecular weight is 446 g/mol. The lowest BCUT2D eigenvalue weighted by Crippen LogP contribution is -2.46. The van der Waals surface area contributed by atoms with Crippen LogP contribution in [-0.2, 0) is 4.79 Å². The number of aromatic amines is 1. The molecule has 1 atom stereocenters. The van der Waals surface area contributed by atoms with Gasteiger partial charge in [-0.05, 0) is 68.5 Å². The maximum atomic E-state index is 13.8. The number of piperidine rings is 1. The van der Waals surface area contributed by atoms with Gasteiger partial charge in [0.15, 0.2) is 5.65 Å². The molecule has 0 spiro atoms. The smallest absolute Gasteiger partial charge is 0.230 e. The number of nitrogens with one attached hydrogen (secondary N) is 1. The van der Waals surface area contributed by atoms with Crippen molar-refractivity contribution in [3.05, 3.63) is 48.9 Å². The number of hydrogen-bond acceptors (Lipinski definition) is 5. The van der Waals surface area contributed by atoms with Crippen LogP contribution in [0.2, 0.25) is 0 Å². The fraction of sp³-hybridized carbons (Fsp3) is 0.440. The van der Waals surface area contributed by atoms with Gasteiger partial charge in [0.05, 0.1) is 0 Å². The van der Waals surface area contributed by atoms with Gasteiger partial charge in [-0.15, -0.1) is 15.3 Å². The number of fused-ring (bicyclic) bond motifs is 2. The zero-order valence-corrected chi connectivity index (χ0v) is 19.5. The number of hydrogen-bond donors (Lipinski definition) is 1. The standard InChI is InChI=1S/C25H31N7O/c1-17(2)14-18(3)32(21-4-5-22-20(15-21)8-11-26-22)25(33)19-9-12-30(13-10-19)24-7-6-23-28-27-16-31(23)29-24/h4-8,11,15-19,26H,9-10,12-14H2,1-3H3. The summed E-state index contributed by atoms with van der Waals surface area (Å²) >= 11 is 0. The van der Waals surface area contributed by atoms with Crippen LogP contribution in [0.5, 0.6) is 0 Å². The number of amides is 1. The van der Waals surface area contributed by atoms with Crippen molar-refractivity contribution in [2.24, 2.45) is 11.8 Å². The van der Waals surface area contributed by atoms with Crippen LogP contribution >= 0.6 is 0 Å². The highest BCUT2D eigenvalue weighted by molar-refractivity contribution is 5.98. The molecular formula is C25H31N7O. The maximum absolute atomic E-state index is 13.8. The molecule has 1 aliphatic rings. The van der Waals surface area contributed by atoms with Crippen molar-refractivity contribution in [3.63, 3.8) is 0 Å². The molecule has 1 amide bonds. The van der Waals surface area contributed by atoms with Crippen molar-refractivity contribution < 1.29 is 4.79 Å². The third-order valence-corrected chi connectivity index (χ3v) is 6.62. The summed E-state index contributed by atoms with van der Waals surface area (Å²) in [5, 5.41) is 13.7. The van der Waals surface area contributed by atoms with Gasteiger partial charge in [-0.25, -0.2) is 0 Å². The van der Waals surface area contributed by atoms with E-state index in [4.69, 9.17) is 0 Å². The molecule has 0 saturated carbocycles. The van der Waals surface area contributed by atoms with Gasteiger partial charge in [0.1, 0.15) is 12.1 Å². The second-order valence-corrected chi connectivity index (χ2v) is 9.52. The normalized spacial score (nSPS) is 16.1. The van der Waals surface area contributed by atoms with E-state index < -0.39 is 0 Å². The third-order valence-electron chi connectivity index (χ3n) is 6.62. The number of benzene rings is 1. The molecule has 1 saturated heterocycles. The molecule has 1 aromatic carbocycles. The minimum absolute atomic E-state index is 0.0106. The van der Waals surface area contributed by atoms with Crippen molar-refractivity contribution in [3.8, 4) is 0 Å². The number of H-pyrrole nitrogens is 1. The fourth-order valence-corrected chi connectivity index (χ4v) is 5.02. The Hall–Kier alpha value is -3.42. The van der Waals surface area contributed by atoms with Crippen LogP contribution < -0.4 is 9.80 Å². The monoisotopic (exact) mass is 445 g/mol. The first kappa shape index (κ1) is 21.4. The summed E-state index contributed by atoms with van der Waals surface area (Å²) in [4.78, 5) is 21.4. The van der Waals surface area contributed by atoms with Crippen LogP contribution in [0.4, 0.5) is 11.5 Å². The molecule has 0 bridgehead atoms. The quantitative estimate of drug-likeness (QED) is 0.479. The number of aromatic nitrogens is 5. The molecular weight excluding hydrogens is 414 g/mol. The molecule has 33 heavy (non-hydrogen) atoms. The van der Waals surface area contributed by atoms with E-state index in [0.29, 0.717) is 5.92 Å². The fourth-order valence-electron chi connectivity index (χ4n) is 5.02. The minimum atomic E-state index is 0.0106. The van der Waals surface area contributed by atoms with Gasteiger partial charge >= 0.3 is 0 Å². The van der Waals surface area contributed by atoms with Crippen molar-refractivity contribution in [2.45, 2.75) is 46.1 Å². The van der Waals surface area contributed by atoms with Gasteiger partial charge in [0.2, 0.25) is 5.91 Å². The predicted octanol–water partition coefficient (Wildman–Crippen LogP) is 4.29. The molecule has 3 aromatic heterocycles. The Balaban J connectivity index is 1.34. The second kappa shape index (κ2) is 8.84. The van der Waals surface area contributed by atoms with E-state index in [9.17, 15) is 4.79 Å². The van der Waals surface area contributed by atoms with E-state index in [2.05, 4.69) is 70.2 Å².